The first-order valence-electron chi connectivity index (χ1n) is 13.7. The van der Waals surface area contributed by atoms with E-state index in [1.807, 2.05) is 23.1 Å². The topological polar surface area (TPSA) is 128 Å². The number of rotatable bonds is 8. The zero-order valence-corrected chi connectivity index (χ0v) is 23.5. The second-order valence-corrected chi connectivity index (χ2v) is 10.3. The molecule has 216 valence electrons. The van der Waals surface area contributed by atoms with Crippen LogP contribution in [0.1, 0.15) is 22.3 Å². The van der Waals surface area contributed by atoms with Crippen molar-refractivity contribution < 1.29 is 19.1 Å². The van der Waals surface area contributed by atoms with Crippen molar-refractivity contribution in [3.05, 3.63) is 83.8 Å². The molecule has 0 spiro atoms. The average Bonchev–Trinajstić information content (AvgIpc) is 3.56. The minimum atomic E-state index is -0.352. The van der Waals surface area contributed by atoms with E-state index in [1.165, 1.54) is 0 Å². The Morgan fingerprint density at radius 2 is 1.90 bits per heavy atom. The highest BCUT2D eigenvalue weighted by Gasteiger charge is 2.33. The number of halogens is 1. The Bertz CT molecular complexity index is 1550. The van der Waals surface area contributed by atoms with Crippen molar-refractivity contribution in [3.8, 4) is 17.4 Å². The molecule has 42 heavy (non-hydrogen) atoms. The van der Waals surface area contributed by atoms with Gasteiger partial charge < -0.3 is 24.6 Å². The summed E-state index contributed by atoms with van der Waals surface area (Å²) in [5, 5.41) is 3.29. The zero-order chi connectivity index (χ0) is 28.9. The molecule has 0 saturated carbocycles. The van der Waals surface area contributed by atoms with Gasteiger partial charge in [-0.2, -0.15) is 4.98 Å². The number of pyridine rings is 1. The summed E-state index contributed by atoms with van der Waals surface area (Å²) in [4.78, 5) is 47.4. The van der Waals surface area contributed by atoms with E-state index < -0.39 is 0 Å². The largest absolute Gasteiger partial charge is 0.486 e. The summed E-state index contributed by atoms with van der Waals surface area (Å²) in [5.41, 5.74) is 1.54. The molecule has 1 fully saturated rings. The smallest absolute Gasteiger partial charge is 0.255 e. The molecular formula is C29H29ClN8O4. The molecule has 1 N–H and O–H groups in total. The van der Waals surface area contributed by atoms with Gasteiger partial charge in [-0.3, -0.25) is 19.1 Å². The monoisotopic (exact) mass is 588 g/mol. The van der Waals surface area contributed by atoms with Crippen LogP contribution in [0.15, 0.2) is 67.5 Å². The van der Waals surface area contributed by atoms with Crippen molar-refractivity contribution in [2.75, 3.05) is 44.3 Å². The van der Waals surface area contributed by atoms with E-state index in [2.05, 4.69) is 20.3 Å². The lowest BCUT2D eigenvalue weighted by Crippen LogP contribution is -2.56. The fourth-order valence-corrected chi connectivity index (χ4v) is 5.27. The van der Waals surface area contributed by atoms with E-state index in [4.69, 9.17) is 26.1 Å². The van der Waals surface area contributed by atoms with E-state index in [0.29, 0.717) is 63.1 Å². The van der Waals surface area contributed by atoms with E-state index in [0.717, 1.165) is 17.1 Å². The summed E-state index contributed by atoms with van der Waals surface area (Å²) >= 11 is 6.39. The molecule has 1 unspecified atom stereocenters. The van der Waals surface area contributed by atoms with Crippen molar-refractivity contribution in [3.63, 3.8) is 0 Å². The lowest BCUT2D eigenvalue weighted by Gasteiger charge is -2.42. The first-order chi connectivity index (χ1) is 20.5. The molecule has 13 heteroatoms. The Labute approximate surface area is 247 Å². The quantitative estimate of drug-likeness (QED) is 0.309. The Kier molecular flexibility index (Phi) is 8.13. The normalized spacial score (nSPS) is 16.3. The SMILES string of the molecule is O=C(CC1CN(C(=O)c2cccnc2)CCN1c1cc(Cl)nc(-n2ccnc2)n1)NCCc1ccc2c(c1)OCCO2. The van der Waals surface area contributed by atoms with Crippen molar-refractivity contribution >= 4 is 29.2 Å². The zero-order valence-electron chi connectivity index (χ0n) is 22.7. The molecule has 2 aliphatic heterocycles. The summed E-state index contributed by atoms with van der Waals surface area (Å²) in [6, 6.07) is 10.6. The molecule has 1 aromatic carbocycles. The van der Waals surface area contributed by atoms with Crippen molar-refractivity contribution in [1.82, 2.24) is 34.7 Å². The molecule has 6 rings (SSSR count). The molecule has 0 bridgehead atoms. The summed E-state index contributed by atoms with van der Waals surface area (Å²) in [7, 11) is 0. The van der Waals surface area contributed by atoms with E-state index >= 15 is 0 Å². The Balaban J connectivity index is 1.17. The number of hydrogen-bond donors (Lipinski definition) is 1. The molecule has 2 aliphatic rings. The molecule has 3 aromatic heterocycles. The van der Waals surface area contributed by atoms with Gasteiger partial charge in [-0.1, -0.05) is 17.7 Å². The molecule has 2 amide bonds. The van der Waals surface area contributed by atoms with Gasteiger partial charge in [-0.25, -0.2) is 9.97 Å². The number of nitrogens with zero attached hydrogens (tertiary/aromatic N) is 7. The second kappa shape index (κ2) is 12.4. The van der Waals surface area contributed by atoms with Crippen LogP contribution in [0.5, 0.6) is 11.5 Å². The van der Waals surface area contributed by atoms with E-state index in [1.54, 1.807) is 58.8 Å². The molecule has 12 nitrogen and oxygen atoms in total. The standard InChI is InChI=1S/C29H29ClN8O4/c30-25-16-26(35-29(34-25)37-9-8-32-19-37)38-11-10-36(28(40)21-2-1-6-31-17-21)18-22(38)15-27(39)33-7-5-20-3-4-23-24(14-20)42-13-12-41-23/h1-4,6,8-9,14,16-17,19,22H,5,7,10-13,15,18H2,(H,33,39). The van der Waals surface area contributed by atoms with Crippen LogP contribution in [0.25, 0.3) is 5.95 Å². The fraction of sp³-hybridized carbons (Fsp3) is 0.310. The van der Waals surface area contributed by atoms with E-state index in [9.17, 15) is 9.59 Å². The number of carbonyl (C=O) groups is 2. The predicted molar refractivity (Wildman–Crippen MR) is 154 cm³/mol. The minimum Gasteiger partial charge on any atom is -0.486 e. The predicted octanol–water partition coefficient (Wildman–Crippen LogP) is 2.56. The summed E-state index contributed by atoms with van der Waals surface area (Å²) in [5.74, 6) is 2.13. The average molecular weight is 589 g/mol. The van der Waals surface area contributed by atoms with Gasteiger partial charge in [0.1, 0.15) is 30.5 Å². The summed E-state index contributed by atoms with van der Waals surface area (Å²) in [6.45, 7) is 2.74. The number of benzene rings is 1. The van der Waals surface area contributed by atoms with Crippen LogP contribution < -0.4 is 19.7 Å². The Morgan fingerprint density at radius 3 is 2.71 bits per heavy atom. The van der Waals surface area contributed by atoms with Crippen LogP contribution in [0.2, 0.25) is 5.15 Å². The number of carbonyl (C=O) groups excluding carboxylic acids is 2. The maximum Gasteiger partial charge on any atom is 0.255 e. The van der Waals surface area contributed by atoms with Gasteiger partial charge >= 0.3 is 0 Å². The van der Waals surface area contributed by atoms with Gasteiger partial charge in [0.05, 0.1) is 11.6 Å². The maximum atomic E-state index is 13.3. The van der Waals surface area contributed by atoms with Crippen LogP contribution in [0.3, 0.4) is 0 Å². The van der Waals surface area contributed by atoms with E-state index in [-0.39, 0.29) is 29.4 Å². The molecule has 0 aliphatic carbocycles. The minimum absolute atomic E-state index is 0.131. The lowest BCUT2D eigenvalue weighted by atomic mass is 10.1. The maximum absolute atomic E-state index is 13.3. The van der Waals surface area contributed by atoms with Crippen LogP contribution in [0, 0.1) is 0 Å². The van der Waals surface area contributed by atoms with Gasteiger partial charge in [-0.15, -0.1) is 0 Å². The van der Waals surface area contributed by atoms with Gasteiger partial charge in [-0.05, 0) is 36.2 Å². The van der Waals surface area contributed by atoms with Gasteiger partial charge in [0, 0.05) is 63.5 Å². The van der Waals surface area contributed by atoms with Gasteiger partial charge in [0.25, 0.3) is 5.91 Å². The number of imidazole rings is 1. The van der Waals surface area contributed by atoms with Crippen LogP contribution >= 0.6 is 11.6 Å². The summed E-state index contributed by atoms with van der Waals surface area (Å²) < 4.78 is 12.9. The number of nitrogens with one attached hydrogen (secondary N) is 1. The van der Waals surface area contributed by atoms with Crippen molar-refractivity contribution in [2.45, 2.75) is 18.9 Å². The Morgan fingerprint density at radius 1 is 1.02 bits per heavy atom. The third kappa shape index (κ3) is 6.28. The first kappa shape index (κ1) is 27.5. The molecule has 1 atom stereocenters. The highest BCUT2D eigenvalue weighted by Crippen LogP contribution is 2.31. The summed E-state index contributed by atoms with van der Waals surface area (Å²) in [6.07, 6.45) is 8.92. The van der Waals surface area contributed by atoms with Gasteiger partial charge in [0.15, 0.2) is 11.5 Å². The number of fused-ring (bicyclic) bond motifs is 1. The van der Waals surface area contributed by atoms with Crippen LogP contribution in [0.4, 0.5) is 5.82 Å². The van der Waals surface area contributed by atoms with Crippen molar-refractivity contribution in [2.24, 2.45) is 0 Å². The molecule has 0 radical (unpaired) electrons. The molecule has 5 heterocycles. The van der Waals surface area contributed by atoms with Crippen molar-refractivity contribution in [1.29, 1.82) is 0 Å². The third-order valence-electron chi connectivity index (χ3n) is 7.14. The molecule has 4 aromatic rings. The Hall–Kier alpha value is -4.71. The number of ether oxygens (including phenoxy) is 2. The highest BCUT2D eigenvalue weighted by atomic mass is 35.5. The molecule has 1 saturated heterocycles. The number of amides is 2. The highest BCUT2D eigenvalue weighted by molar-refractivity contribution is 6.29. The number of aromatic nitrogens is 5. The number of hydrogen-bond acceptors (Lipinski definition) is 9. The van der Waals surface area contributed by atoms with Crippen LogP contribution in [-0.4, -0.2) is 86.7 Å². The van der Waals surface area contributed by atoms with Crippen LogP contribution in [-0.2, 0) is 11.2 Å². The fourth-order valence-electron chi connectivity index (χ4n) is 5.10. The second-order valence-electron chi connectivity index (χ2n) is 9.94. The number of piperazine rings is 1. The third-order valence-corrected chi connectivity index (χ3v) is 7.33. The number of anilines is 1. The lowest BCUT2D eigenvalue weighted by molar-refractivity contribution is -0.121. The first-order valence-corrected chi connectivity index (χ1v) is 14.1. The molecular weight excluding hydrogens is 560 g/mol. The van der Waals surface area contributed by atoms with Gasteiger partial charge in [0.2, 0.25) is 11.9 Å².